The molecule has 0 aliphatic rings. The fraction of sp³-hybridized carbons (Fsp3) is 0.200. The summed E-state index contributed by atoms with van der Waals surface area (Å²) < 4.78 is 2.41. The van der Waals surface area contributed by atoms with Crippen LogP contribution in [0.5, 0.6) is 5.88 Å². The van der Waals surface area contributed by atoms with Gasteiger partial charge in [-0.2, -0.15) is 0 Å². The molecule has 128 valence electrons. The molecule has 1 atom stereocenters. The zero-order valence-electron chi connectivity index (χ0n) is 14.4. The molecule has 0 aliphatic heterocycles. The van der Waals surface area contributed by atoms with Crippen molar-refractivity contribution >= 4 is 35.5 Å². The Morgan fingerprint density at radius 1 is 1.16 bits per heavy atom. The smallest absolute Gasteiger partial charge is 0.212 e. The maximum atomic E-state index is 10.6. The number of aromatic hydroxyl groups is 1. The third kappa shape index (κ3) is 3.72. The molecule has 0 spiro atoms. The summed E-state index contributed by atoms with van der Waals surface area (Å²) in [5.41, 5.74) is 4.31. The highest BCUT2D eigenvalue weighted by atomic mass is 32.1. The number of nitrogens with zero attached hydrogens (tertiary/aromatic N) is 2. The molecule has 0 fully saturated rings. The fourth-order valence-corrected chi connectivity index (χ4v) is 4.12. The van der Waals surface area contributed by atoms with E-state index in [0.717, 1.165) is 16.8 Å². The summed E-state index contributed by atoms with van der Waals surface area (Å²) in [7, 11) is 0. The topological polar surface area (TPSA) is 37.5 Å². The average molecular weight is 369 g/mol. The van der Waals surface area contributed by atoms with Crippen LogP contribution in [0, 0.1) is 17.8 Å². The van der Waals surface area contributed by atoms with Gasteiger partial charge in [-0.3, -0.25) is 9.56 Å². The summed E-state index contributed by atoms with van der Waals surface area (Å²) >= 11 is 6.84. The maximum Gasteiger partial charge on any atom is 0.212 e. The molecule has 0 radical (unpaired) electrons. The number of thiazole rings is 1. The van der Waals surface area contributed by atoms with E-state index >= 15 is 0 Å². The molecule has 0 saturated heterocycles. The van der Waals surface area contributed by atoms with Gasteiger partial charge in [0.1, 0.15) is 4.88 Å². The van der Waals surface area contributed by atoms with Crippen molar-refractivity contribution in [3.8, 4) is 5.88 Å². The maximum absolute atomic E-state index is 10.6. The van der Waals surface area contributed by atoms with Crippen LogP contribution in [0.4, 0.5) is 5.69 Å². The van der Waals surface area contributed by atoms with E-state index in [-0.39, 0.29) is 11.9 Å². The fourth-order valence-electron chi connectivity index (χ4n) is 2.78. The largest absolute Gasteiger partial charge is 0.493 e. The molecule has 0 bridgehead atoms. The first-order valence-corrected chi connectivity index (χ1v) is 9.30. The van der Waals surface area contributed by atoms with Gasteiger partial charge >= 0.3 is 0 Å². The Hall–Kier alpha value is -2.24. The van der Waals surface area contributed by atoms with Crippen LogP contribution in [0.2, 0.25) is 0 Å². The second-order valence-electron chi connectivity index (χ2n) is 6.06. The highest BCUT2D eigenvalue weighted by Gasteiger charge is 2.17. The minimum absolute atomic E-state index is 0.0341. The van der Waals surface area contributed by atoms with Gasteiger partial charge in [0.25, 0.3) is 0 Å². The minimum Gasteiger partial charge on any atom is -0.493 e. The number of aryl methyl sites for hydroxylation is 2. The Morgan fingerprint density at radius 3 is 2.56 bits per heavy atom. The summed E-state index contributed by atoms with van der Waals surface area (Å²) in [5, 5.41) is 10.6. The molecule has 0 aliphatic carbocycles. The van der Waals surface area contributed by atoms with Gasteiger partial charge in [0.15, 0.2) is 3.95 Å². The zero-order chi connectivity index (χ0) is 18.0. The third-order valence-electron chi connectivity index (χ3n) is 4.18. The van der Waals surface area contributed by atoms with Crippen LogP contribution in [0.15, 0.2) is 53.5 Å². The van der Waals surface area contributed by atoms with Crippen LogP contribution >= 0.6 is 23.6 Å². The Balaban J connectivity index is 1.94. The number of hydrogen-bond donors (Lipinski definition) is 1. The van der Waals surface area contributed by atoms with E-state index in [1.54, 1.807) is 10.8 Å². The molecule has 25 heavy (non-hydrogen) atoms. The molecule has 0 saturated carbocycles. The van der Waals surface area contributed by atoms with Gasteiger partial charge in [-0.05, 0) is 50.2 Å². The highest BCUT2D eigenvalue weighted by Crippen LogP contribution is 2.32. The standard InChI is InChI=1S/C20H20N2OS2/c1-13-9-10-17(14(2)11-13)21-12-18-19(23)22(20(24)25-18)15(3)16-7-5-4-6-8-16/h4-12,15,23H,1-3H3/t15-/m1/s1. The van der Waals surface area contributed by atoms with E-state index in [0.29, 0.717) is 8.83 Å². The Bertz CT molecular complexity index is 971. The van der Waals surface area contributed by atoms with Crippen LogP contribution in [0.25, 0.3) is 0 Å². The van der Waals surface area contributed by atoms with E-state index in [1.807, 2.05) is 56.3 Å². The van der Waals surface area contributed by atoms with Crippen LogP contribution < -0.4 is 0 Å². The summed E-state index contributed by atoms with van der Waals surface area (Å²) in [5.74, 6) is 0.167. The summed E-state index contributed by atoms with van der Waals surface area (Å²) in [6.07, 6.45) is 1.70. The normalized spacial score (nSPS) is 12.6. The van der Waals surface area contributed by atoms with E-state index in [2.05, 4.69) is 18.0 Å². The zero-order valence-corrected chi connectivity index (χ0v) is 16.1. The molecule has 3 nitrogen and oxygen atoms in total. The lowest BCUT2D eigenvalue weighted by molar-refractivity contribution is 0.405. The van der Waals surface area contributed by atoms with Gasteiger partial charge in [0.2, 0.25) is 5.88 Å². The highest BCUT2D eigenvalue weighted by molar-refractivity contribution is 7.73. The number of hydrogen-bond acceptors (Lipinski definition) is 4. The Morgan fingerprint density at radius 2 is 1.88 bits per heavy atom. The van der Waals surface area contributed by atoms with Crippen molar-refractivity contribution in [3.63, 3.8) is 0 Å². The number of rotatable bonds is 4. The minimum atomic E-state index is -0.0341. The van der Waals surface area contributed by atoms with Crippen LogP contribution in [0.1, 0.15) is 34.5 Å². The van der Waals surface area contributed by atoms with Gasteiger partial charge in [-0.15, -0.1) is 0 Å². The third-order valence-corrected chi connectivity index (χ3v) is 5.51. The van der Waals surface area contributed by atoms with Crippen molar-refractivity contribution in [1.29, 1.82) is 0 Å². The second kappa shape index (κ2) is 7.33. The van der Waals surface area contributed by atoms with Crippen molar-refractivity contribution in [3.05, 3.63) is 74.1 Å². The first kappa shape index (κ1) is 17.6. The van der Waals surface area contributed by atoms with Crippen molar-refractivity contribution in [1.82, 2.24) is 4.57 Å². The van der Waals surface area contributed by atoms with Crippen molar-refractivity contribution in [2.45, 2.75) is 26.8 Å². The molecular formula is C20H20N2OS2. The van der Waals surface area contributed by atoms with Crippen molar-refractivity contribution in [2.75, 3.05) is 0 Å². The number of aliphatic imine (C=N–C) groups is 1. The van der Waals surface area contributed by atoms with Gasteiger partial charge in [-0.25, -0.2) is 0 Å². The van der Waals surface area contributed by atoms with Crippen molar-refractivity contribution < 1.29 is 5.11 Å². The quantitative estimate of drug-likeness (QED) is 0.455. The predicted molar refractivity (Wildman–Crippen MR) is 108 cm³/mol. The lowest BCUT2D eigenvalue weighted by Crippen LogP contribution is -2.06. The number of benzene rings is 2. The van der Waals surface area contributed by atoms with Crippen LogP contribution in [-0.2, 0) is 0 Å². The van der Waals surface area contributed by atoms with Gasteiger partial charge in [-0.1, -0.05) is 59.4 Å². The molecule has 5 heteroatoms. The molecule has 3 aromatic rings. The van der Waals surface area contributed by atoms with Crippen LogP contribution in [-0.4, -0.2) is 15.9 Å². The Labute approximate surface area is 156 Å². The molecule has 3 rings (SSSR count). The predicted octanol–water partition coefficient (Wildman–Crippen LogP) is 5.96. The molecule has 1 aromatic heterocycles. The molecular weight excluding hydrogens is 348 g/mol. The average Bonchev–Trinajstić information content (AvgIpc) is 2.88. The summed E-state index contributed by atoms with van der Waals surface area (Å²) in [6.45, 7) is 6.12. The van der Waals surface area contributed by atoms with Crippen molar-refractivity contribution in [2.24, 2.45) is 4.99 Å². The first-order chi connectivity index (χ1) is 12.0. The molecule has 1 heterocycles. The van der Waals surface area contributed by atoms with Gasteiger partial charge in [0.05, 0.1) is 17.9 Å². The first-order valence-electron chi connectivity index (χ1n) is 8.08. The van der Waals surface area contributed by atoms with E-state index in [4.69, 9.17) is 12.2 Å². The summed E-state index contributed by atoms with van der Waals surface area (Å²) in [6, 6.07) is 16.1. The van der Waals surface area contributed by atoms with E-state index < -0.39 is 0 Å². The Kier molecular flexibility index (Phi) is 5.16. The van der Waals surface area contributed by atoms with E-state index in [1.165, 1.54) is 16.9 Å². The monoisotopic (exact) mass is 368 g/mol. The van der Waals surface area contributed by atoms with E-state index in [9.17, 15) is 5.11 Å². The second-order valence-corrected chi connectivity index (χ2v) is 7.74. The van der Waals surface area contributed by atoms with Crippen LogP contribution in [0.3, 0.4) is 0 Å². The van der Waals surface area contributed by atoms with Gasteiger partial charge < -0.3 is 5.11 Å². The molecule has 0 amide bonds. The summed E-state index contributed by atoms with van der Waals surface area (Å²) in [4.78, 5) is 5.20. The van der Waals surface area contributed by atoms with Gasteiger partial charge in [0, 0.05) is 0 Å². The number of aromatic nitrogens is 1. The molecule has 2 aromatic carbocycles. The lowest BCUT2D eigenvalue weighted by Gasteiger charge is -2.14. The lowest BCUT2D eigenvalue weighted by atomic mass is 10.1. The SMILES string of the molecule is Cc1ccc(N=Cc2sc(=S)n([C@H](C)c3ccccc3)c2O)c(C)c1. The molecule has 1 N–H and O–H groups in total. The molecule has 0 unspecified atom stereocenters.